The largest absolute Gasteiger partial charge is 0.352 e. The van der Waals surface area contributed by atoms with Gasteiger partial charge in [-0.25, -0.2) is 0 Å². The summed E-state index contributed by atoms with van der Waals surface area (Å²) in [6.45, 7) is 1.70. The molecule has 1 aromatic rings. The van der Waals surface area contributed by atoms with Crippen LogP contribution in [0.15, 0.2) is 24.3 Å². The summed E-state index contributed by atoms with van der Waals surface area (Å²) in [5, 5.41) is 3.89. The summed E-state index contributed by atoms with van der Waals surface area (Å²) in [6.07, 6.45) is 4.04. The van der Waals surface area contributed by atoms with Crippen molar-refractivity contribution in [2.75, 3.05) is 27.2 Å². The van der Waals surface area contributed by atoms with E-state index in [9.17, 15) is 4.79 Å². The average molecular weight is 302 g/mol. The standard InChI is InChI=1S/C14H18Cl2N2O/c1-18(2)10-4-9-17-14(19)8-7-11-12(15)5-3-6-13(11)16/h3,5-8H,4,9-10H2,1-2H3,(H,17,19)/p+1/b8-7+. The van der Waals surface area contributed by atoms with Crippen LogP contribution < -0.4 is 10.2 Å². The third kappa shape index (κ3) is 6.10. The van der Waals surface area contributed by atoms with E-state index in [1.165, 1.54) is 11.0 Å². The van der Waals surface area contributed by atoms with Gasteiger partial charge >= 0.3 is 0 Å². The molecule has 0 heterocycles. The Morgan fingerprint density at radius 2 is 1.95 bits per heavy atom. The van der Waals surface area contributed by atoms with Crippen LogP contribution in [-0.2, 0) is 4.79 Å². The summed E-state index contributed by atoms with van der Waals surface area (Å²) >= 11 is 12.0. The molecule has 0 aromatic heterocycles. The molecule has 0 aliphatic heterocycles. The fraction of sp³-hybridized carbons (Fsp3) is 0.357. The summed E-state index contributed by atoms with van der Waals surface area (Å²) in [6, 6.07) is 5.25. The third-order valence-electron chi connectivity index (χ3n) is 2.55. The Balaban J connectivity index is 2.46. The molecule has 19 heavy (non-hydrogen) atoms. The lowest BCUT2D eigenvalue weighted by atomic mass is 10.2. The molecule has 0 radical (unpaired) electrons. The van der Waals surface area contributed by atoms with Gasteiger partial charge < -0.3 is 10.2 Å². The Morgan fingerprint density at radius 1 is 1.32 bits per heavy atom. The fourth-order valence-electron chi connectivity index (χ4n) is 1.54. The van der Waals surface area contributed by atoms with Gasteiger partial charge in [0.1, 0.15) is 0 Å². The first-order valence-electron chi connectivity index (χ1n) is 6.19. The highest BCUT2D eigenvalue weighted by molar-refractivity contribution is 6.37. The lowest BCUT2D eigenvalue weighted by Gasteiger charge is -2.06. The van der Waals surface area contributed by atoms with Gasteiger partial charge in [-0.1, -0.05) is 29.3 Å². The van der Waals surface area contributed by atoms with Crippen LogP contribution in [0.4, 0.5) is 0 Å². The highest BCUT2D eigenvalue weighted by Gasteiger charge is 2.02. The van der Waals surface area contributed by atoms with Crippen molar-refractivity contribution in [3.05, 3.63) is 39.9 Å². The zero-order valence-corrected chi connectivity index (χ0v) is 12.7. The SMILES string of the molecule is C[NH+](C)CCCNC(=O)/C=C/c1c(Cl)cccc1Cl. The summed E-state index contributed by atoms with van der Waals surface area (Å²) < 4.78 is 0. The highest BCUT2D eigenvalue weighted by atomic mass is 35.5. The van der Waals surface area contributed by atoms with Crippen LogP contribution in [0.2, 0.25) is 10.0 Å². The molecule has 104 valence electrons. The fourth-order valence-corrected chi connectivity index (χ4v) is 2.06. The van der Waals surface area contributed by atoms with Gasteiger partial charge in [0, 0.05) is 34.7 Å². The van der Waals surface area contributed by atoms with Crippen LogP contribution in [0.1, 0.15) is 12.0 Å². The Hall–Kier alpha value is -1.03. The summed E-state index contributed by atoms with van der Waals surface area (Å²) in [5.41, 5.74) is 0.665. The second-order valence-electron chi connectivity index (χ2n) is 4.57. The molecule has 0 spiro atoms. The number of amides is 1. The Bertz CT molecular complexity index is 439. The first-order valence-corrected chi connectivity index (χ1v) is 6.95. The van der Waals surface area contributed by atoms with Crippen molar-refractivity contribution in [1.29, 1.82) is 0 Å². The molecule has 0 saturated heterocycles. The molecule has 1 amide bonds. The second-order valence-corrected chi connectivity index (χ2v) is 5.38. The van der Waals surface area contributed by atoms with Crippen molar-refractivity contribution in [3.8, 4) is 0 Å². The first-order chi connectivity index (χ1) is 9.00. The molecule has 0 saturated carbocycles. The van der Waals surface area contributed by atoms with Crippen molar-refractivity contribution >= 4 is 35.2 Å². The lowest BCUT2D eigenvalue weighted by Crippen LogP contribution is -3.05. The quantitative estimate of drug-likeness (QED) is 0.608. The van der Waals surface area contributed by atoms with E-state index in [2.05, 4.69) is 19.4 Å². The van der Waals surface area contributed by atoms with Crippen molar-refractivity contribution in [1.82, 2.24) is 5.32 Å². The van der Waals surface area contributed by atoms with E-state index in [1.54, 1.807) is 24.3 Å². The van der Waals surface area contributed by atoms with Gasteiger partial charge in [0.2, 0.25) is 5.91 Å². The number of rotatable bonds is 6. The molecule has 1 rings (SSSR count). The van der Waals surface area contributed by atoms with Crippen molar-refractivity contribution in [3.63, 3.8) is 0 Å². The molecule has 0 bridgehead atoms. The number of carbonyl (C=O) groups excluding carboxylic acids is 1. The predicted octanol–water partition coefficient (Wildman–Crippen LogP) is 1.66. The summed E-state index contributed by atoms with van der Waals surface area (Å²) in [4.78, 5) is 13.0. The highest BCUT2D eigenvalue weighted by Crippen LogP contribution is 2.25. The normalized spacial score (nSPS) is 11.2. The van der Waals surface area contributed by atoms with Crippen LogP contribution in [-0.4, -0.2) is 33.1 Å². The predicted molar refractivity (Wildman–Crippen MR) is 80.8 cm³/mol. The molecule has 0 unspecified atom stereocenters. The van der Waals surface area contributed by atoms with Gasteiger partial charge in [0.15, 0.2) is 0 Å². The van der Waals surface area contributed by atoms with Gasteiger partial charge in [0.25, 0.3) is 0 Å². The minimum atomic E-state index is -0.134. The number of hydrogen-bond donors (Lipinski definition) is 2. The molecule has 0 atom stereocenters. The van der Waals surface area contributed by atoms with Crippen molar-refractivity contribution in [2.24, 2.45) is 0 Å². The average Bonchev–Trinajstić information content (AvgIpc) is 2.34. The summed E-state index contributed by atoms with van der Waals surface area (Å²) in [5.74, 6) is -0.134. The Kier molecular flexibility index (Phi) is 6.92. The smallest absolute Gasteiger partial charge is 0.244 e. The van der Waals surface area contributed by atoms with E-state index >= 15 is 0 Å². The van der Waals surface area contributed by atoms with Crippen LogP contribution in [0.25, 0.3) is 6.08 Å². The van der Waals surface area contributed by atoms with Crippen LogP contribution >= 0.6 is 23.2 Å². The molecule has 1 aromatic carbocycles. The topological polar surface area (TPSA) is 33.5 Å². The maximum Gasteiger partial charge on any atom is 0.244 e. The number of quaternary nitrogens is 1. The van der Waals surface area contributed by atoms with E-state index < -0.39 is 0 Å². The molecule has 2 N–H and O–H groups in total. The van der Waals surface area contributed by atoms with Gasteiger partial charge in [-0.15, -0.1) is 0 Å². The summed E-state index contributed by atoms with van der Waals surface area (Å²) in [7, 11) is 4.17. The Morgan fingerprint density at radius 3 is 2.53 bits per heavy atom. The Labute approximate surface area is 124 Å². The zero-order chi connectivity index (χ0) is 14.3. The number of benzene rings is 1. The lowest BCUT2D eigenvalue weighted by molar-refractivity contribution is -0.858. The van der Waals surface area contributed by atoms with Crippen LogP contribution in [0.3, 0.4) is 0 Å². The monoisotopic (exact) mass is 301 g/mol. The first kappa shape index (κ1) is 16.0. The second kappa shape index (κ2) is 8.20. The molecule has 0 aliphatic carbocycles. The molecule has 5 heteroatoms. The van der Waals surface area contributed by atoms with Gasteiger partial charge in [0.05, 0.1) is 20.6 Å². The van der Waals surface area contributed by atoms with E-state index in [1.807, 2.05) is 0 Å². The number of hydrogen-bond acceptors (Lipinski definition) is 1. The number of nitrogens with one attached hydrogen (secondary N) is 2. The molecular formula is C14H19Cl2N2O+. The molecule has 0 fully saturated rings. The van der Waals surface area contributed by atoms with Gasteiger partial charge in [-0.05, 0) is 18.2 Å². The minimum absolute atomic E-state index is 0.134. The van der Waals surface area contributed by atoms with Crippen LogP contribution in [0, 0.1) is 0 Å². The van der Waals surface area contributed by atoms with Gasteiger partial charge in [-0.2, -0.15) is 0 Å². The molecule has 0 aliphatic rings. The maximum atomic E-state index is 11.6. The van der Waals surface area contributed by atoms with E-state index in [4.69, 9.17) is 23.2 Å². The van der Waals surface area contributed by atoms with E-state index in [0.29, 0.717) is 22.2 Å². The molecular weight excluding hydrogens is 283 g/mol. The van der Waals surface area contributed by atoms with Crippen molar-refractivity contribution in [2.45, 2.75) is 6.42 Å². The zero-order valence-electron chi connectivity index (χ0n) is 11.2. The molecule has 3 nitrogen and oxygen atoms in total. The van der Waals surface area contributed by atoms with E-state index in [0.717, 1.165) is 13.0 Å². The van der Waals surface area contributed by atoms with Crippen molar-refractivity contribution < 1.29 is 9.69 Å². The number of carbonyl (C=O) groups is 1. The number of halogens is 2. The van der Waals surface area contributed by atoms with Crippen LogP contribution in [0.5, 0.6) is 0 Å². The maximum absolute atomic E-state index is 11.6. The van der Waals surface area contributed by atoms with E-state index in [-0.39, 0.29) is 5.91 Å². The minimum Gasteiger partial charge on any atom is -0.352 e. The third-order valence-corrected chi connectivity index (χ3v) is 3.21. The van der Waals surface area contributed by atoms with Gasteiger partial charge in [-0.3, -0.25) is 4.79 Å².